The van der Waals surface area contributed by atoms with Crippen LogP contribution in [0, 0.1) is 0 Å². The molecule has 0 heterocycles. The molecule has 0 saturated carbocycles. The van der Waals surface area contributed by atoms with Crippen LogP contribution in [-0.4, -0.2) is 114 Å². The van der Waals surface area contributed by atoms with E-state index in [0.717, 1.165) is 102 Å². The summed E-state index contributed by atoms with van der Waals surface area (Å²) in [5.74, 6) is 1.66. The maximum atomic E-state index is 12.7. The standard InChI is InChI=1S/C26H60N10O2S/c27-9-3-15-31-13-1-7-23(33-17-5-11-29)25(37)35-19-21-39-22-20-36-26(38)24(34-18-6-12-30)8-2-14-32-16-4-10-28/h23-24,31-34H,1-22,27-30H2,(H,35,37)(H,36,38). The van der Waals surface area contributed by atoms with E-state index in [2.05, 4.69) is 31.9 Å². The van der Waals surface area contributed by atoms with Gasteiger partial charge in [0.2, 0.25) is 11.8 Å². The van der Waals surface area contributed by atoms with Crippen LogP contribution < -0.4 is 54.8 Å². The summed E-state index contributed by atoms with van der Waals surface area (Å²) in [6, 6.07) is -0.423. The van der Waals surface area contributed by atoms with Crippen molar-refractivity contribution in [3.05, 3.63) is 0 Å². The molecule has 0 aliphatic heterocycles. The number of amides is 2. The minimum absolute atomic E-state index is 0.0341. The average Bonchev–Trinajstić information content (AvgIpc) is 2.94. The molecule has 0 aromatic carbocycles. The fraction of sp³-hybridized carbons (Fsp3) is 0.923. The topological polar surface area (TPSA) is 210 Å². The van der Waals surface area contributed by atoms with Gasteiger partial charge >= 0.3 is 0 Å². The van der Waals surface area contributed by atoms with Gasteiger partial charge in [-0.25, -0.2) is 0 Å². The molecule has 0 spiro atoms. The molecule has 0 aromatic rings. The van der Waals surface area contributed by atoms with Gasteiger partial charge in [0, 0.05) is 24.6 Å². The highest BCUT2D eigenvalue weighted by Crippen LogP contribution is 2.01. The second kappa shape index (κ2) is 29.9. The van der Waals surface area contributed by atoms with Crippen molar-refractivity contribution in [3.63, 3.8) is 0 Å². The van der Waals surface area contributed by atoms with Crippen molar-refractivity contribution in [1.82, 2.24) is 31.9 Å². The highest BCUT2D eigenvalue weighted by molar-refractivity contribution is 7.99. The lowest BCUT2D eigenvalue weighted by atomic mass is 10.1. The normalized spacial score (nSPS) is 12.8. The van der Waals surface area contributed by atoms with Crippen LogP contribution >= 0.6 is 11.8 Å². The van der Waals surface area contributed by atoms with E-state index in [1.807, 2.05) is 0 Å². The third-order valence-corrected chi connectivity index (χ3v) is 7.06. The van der Waals surface area contributed by atoms with Crippen molar-refractivity contribution in [1.29, 1.82) is 0 Å². The third-order valence-electron chi connectivity index (χ3n) is 6.08. The van der Waals surface area contributed by atoms with Gasteiger partial charge in [-0.3, -0.25) is 9.59 Å². The summed E-state index contributed by atoms with van der Waals surface area (Å²) in [7, 11) is 0. The molecule has 2 amide bonds. The zero-order valence-corrected chi connectivity index (χ0v) is 25.1. The molecule has 0 rings (SSSR count). The van der Waals surface area contributed by atoms with E-state index in [-0.39, 0.29) is 23.9 Å². The average molecular weight is 577 g/mol. The minimum Gasteiger partial charge on any atom is -0.354 e. The maximum absolute atomic E-state index is 12.7. The van der Waals surface area contributed by atoms with Crippen molar-refractivity contribution in [2.24, 2.45) is 22.9 Å². The van der Waals surface area contributed by atoms with Gasteiger partial charge in [-0.2, -0.15) is 11.8 Å². The van der Waals surface area contributed by atoms with Crippen LogP contribution in [0.25, 0.3) is 0 Å². The van der Waals surface area contributed by atoms with Crippen LogP contribution in [0.1, 0.15) is 51.4 Å². The molecule has 0 aromatic heterocycles. The Bertz CT molecular complexity index is 517. The first kappa shape index (κ1) is 38.0. The van der Waals surface area contributed by atoms with E-state index < -0.39 is 0 Å². The number of hydrogen-bond donors (Lipinski definition) is 10. The second-order valence-corrected chi connectivity index (χ2v) is 10.8. The fourth-order valence-corrected chi connectivity index (χ4v) is 4.51. The van der Waals surface area contributed by atoms with Crippen LogP contribution in [-0.2, 0) is 9.59 Å². The Morgan fingerprint density at radius 3 is 1.26 bits per heavy atom. The number of hydrogen-bond acceptors (Lipinski definition) is 11. The molecular weight excluding hydrogens is 516 g/mol. The molecule has 2 unspecified atom stereocenters. The van der Waals surface area contributed by atoms with Gasteiger partial charge in [0.15, 0.2) is 0 Å². The molecule has 12 nitrogen and oxygen atoms in total. The number of rotatable bonds is 30. The predicted molar refractivity (Wildman–Crippen MR) is 166 cm³/mol. The van der Waals surface area contributed by atoms with Gasteiger partial charge < -0.3 is 54.8 Å². The summed E-state index contributed by atoms with van der Waals surface area (Å²) in [5.41, 5.74) is 22.2. The molecule has 2 atom stereocenters. The van der Waals surface area contributed by atoms with Gasteiger partial charge in [-0.15, -0.1) is 0 Å². The molecule has 232 valence electrons. The molecular formula is C26H60N10O2S. The van der Waals surface area contributed by atoms with Crippen LogP contribution in [0.2, 0.25) is 0 Å². The molecule has 0 aliphatic rings. The highest BCUT2D eigenvalue weighted by atomic mass is 32.2. The van der Waals surface area contributed by atoms with Gasteiger partial charge in [0.05, 0.1) is 12.1 Å². The van der Waals surface area contributed by atoms with Crippen LogP contribution in [0.3, 0.4) is 0 Å². The Balaban J connectivity index is 4.18. The van der Waals surface area contributed by atoms with Crippen molar-refractivity contribution in [2.75, 3.05) is 90.0 Å². The van der Waals surface area contributed by atoms with Crippen molar-refractivity contribution in [3.8, 4) is 0 Å². The number of carbonyl (C=O) groups is 2. The number of carbonyl (C=O) groups excluding carboxylic acids is 2. The highest BCUT2D eigenvalue weighted by Gasteiger charge is 2.18. The number of nitrogens with two attached hydrogens (primary N) is 4. The number of thioether (sulfide) groups is 1. The monoisotopic (exact) mass is 576 g/mol. The third kappa shape index (κ3) is 24.5. The summed E-state index contributed by atoms with van der Waals surface area (Å²) in [6.45, 7) is 8.80. The lowest BCUT2D eigenvalue weighted by Gasteiger charge is -2.19. The van der Waals surface area contributed by atoms with Gasteiger partial charge in [0.1, 0.15) is 0 Å². The van der Waals surface area contributed by atoms with E-state index in [4.69, 9.17) is 22.9 Å². The van der Waals surface area contributed by atoms with E-state index in [9.17, 15) is 9.59 Å². The Hall–Kier alpha value is -1.03. The molecule has 0 bridgehead atoms. The van der Waals surface area contributed by atoms with Crippen LogP contribution in [0.4, 0.5) is 0 Å². The Kier molecular flexibility index (Phi) is 29.1. The van der Waals surface area contributed by atoms with Crippen molar-refractivity contribution < 1.29 is 9.59 Å². The van der Waals surface area contributed by atoms with Crippen LogP contribution in [0.15, 0.2) is 0 Å². The minimum atomic E-state index is -0.211. The lowest BCUT2D eigenvalue weighted by molar-refractivity contribution is -0.124. The first-order valence-corrected chi connectivity index (χ1v) is 16.1. The first-order valence-electron chi connectivity index (χ1n) is 14.9. The Morgan fingerprint density at radius 2 is 0.872 bits per heavy atom. The van der Waals surface area contributed by atoms with Crippen molar-refractivity contribution in [2.45, 2.75) is 63.5 Å². The Labute approximate surface area is 241 Å². The molecule has 14 N–H and O–H groups in total. The summed E-state index contributed by atoms with van der Waals surface area (Å²) < 4.78 is 0. The molecule has 0 radical (unpaired) electrons. The largest absolute Gasteiger partial charge is 0.354 e. The van der Waals surface area contributed by atoms with Crippen molar-refractivity contribution >= 4 is 23.6 Å². The molecule has 0 aliphatic carbocycles. The molecule has 0 saturated heterocycles. The zero-order valence-electron chi connectivity index (χ0n) is 24.2. The van der Waals surface area contributed by atoms with Gasteiger partial charge in [-0.05, 0) is 117 Å². The zero-order chi connectivity index (χ0) is 28.8. The lowest BCUT2D eigenvalue weighted by Crippen LogP contribution is -2.46. The summed E-state index contributed by atoms with van der Waals surface area (Å²) in [6.07, 6.45) is 6.98. The van der Waals surface area contributed by atoms with E-state index >= 15 is 0 Å². The predicted octanol–water partition coefficient (Wildman–Crippen LogP) is -2.00. The second-order valence-electron chi connectivity index (χ2n) is 9.56. The van der Waals surface area contributed by atoms with E-state index in [0.29, 0.717) is 39.3 Å². The summed E-state index contributed by atoms with van der Waals surface area (Å²) >= 11 is 1.72. The van der Waals surface area contributed by atoms with Gasteiger partial charge in [0.25, 0.3) is 0 Å². The van der Waals surface area contributed by atoms with Crippen LogP contribution in [0.5, 0.6) is 0 Å². The molecule has 39 heavy (non-hydrogen) atoms. The van der Waals surface area contributed by atoms with E-state index in [1.54, 1.807) is 11.8 Å². The maximum Gasteiger partial charge on any atom is 0.237 e. The first-order chi connectivity index (χ1) is 19.1. The summed E-state index contributed by atoms with van der Waals surface area (Å²) in [5, 5.41) is 19.5. The van der Waals surface area contributed by atoms with Gasteiger partial charge in [-0.1, -0.05) is 0 Å². The quantitative estimate of drug-likeness (QED) is 0.0423. The molecule has 13 heteroatoms. The smallest absolute Gasteiger partial charge is 0.237 e. The van der Waals surface area contributed by atoms with E-state index in [1.165, 1.54) is 0 Å². The Morgan fingerprint density at radius 1 is 0.513 bits per heavy atom. The fourth-order valence-electron chi connectivity index (χ4n) is 3.82. The number of nitrogens with one attached hydrogen (secondary N) is 6. The SMILES string of the molecule is NCCCNCCCC(NCCCN)C(=O)NCCSCCNC(=O)C(CCCNCCCN)NCCCN. The summed E-state index contributed by atoms with van der Waals surface area (Å²) in [4.78, 5) is 25.4. The molecule has 0 fully saturated rings.